The predicted octanol–water partition coefficient (Wildman–Crippen LogP) is 5.97. The fourth-order valence-corrected chi connectivity index (χ4v) is 4.82. The van der Waals surface area contributed by atoms with Crippen LogP contribution < -0.4 is 19.7 Å². The van der Waals surface area contributed by atoms with E-state index in [2.05, 4.69) is 5.32 Å². The predicted molar refractivity (Wildman–Crippen MR) is 125 cm³/mol. The van der Waals surface area contributed by atoms with E-state index in [1.807, 2.05) is 0 Å². The molecule has 13 heteroatoms. The van der Waals surface area contributed by atoms with E-state index in [0.717, 1.165) is 11.8 Å². The molecular formula is C25H26F6N2O5. The second-order valence-corrected chi connectivity index (χ2v) is 8.97. The number of ether oxygens (including phenoxy) is 3. The number of carbonyl (C=O) groups excluding carboxylic acids is 2. The second-order valence-electron chi connectivity index (χ2n) is 8.97. The summed E-state index contributed by atoms with van der Waals surface area (Å²) in [7, 11) is 2.82. The van der Waals surface area contributed by atoms with Gasteiger partial charge in [-0.25, -0.2) is 0 Å². The van der Waals surface area contributed by atoms with Crippen LogP contribution >= 0.6 is 0 Å². The molecule has 1 aliphatic heterocycles. The van der Waals surface area contributed by atoms with Crippen molar-refractivity contribution < 1.29 is 50.1 Å². The first-order valence-corrected chi connectivity index (χ1v) is 11.3. The van der Waals surface area contributed by atoms with Gasteiger partial charge < -0.3 is 19.5 Å². The van der Waals surface area contributed by atoms with Gasteiger partial charge in [0.2, 0.25) is 5.91 Å². The molecule has 0 fully saturated rings. The first-order valence-electron chi connectivity index (χ1n) is 11.3. The van der Waals surface area contributed by atoms with Gasteiger partial charge in [-0.05, 0) is 55.5 Å². The van der Waals surface area contributed by atoms with Crippen LogP contribution in [0.4, 0.5) is 37.7 Å². The Morgan fingerprint density at radius 3 is 2.05 bits per heavy atom. The van der Waals surface area contributed by atoms with Crippen molar-refractivity contribution in [1.29, 1.82) is 0 Å². The maximum Gasteiger partial charge on any atom is 0.416 e. The number of fused-ring (bicyclic) bond motifs is 1. The molecule has 2 atom stereocenters. The summed E-state index contributed by atoms with van der Waals surface area (Å²) in [5.41, 5.74) is -4.06. The van der Waals surface area contributed by atoms with Crippen LogP contribution in [0.15, 0.2) is 30.3 Å². The number of carbonyl (C=O) groups is 2. The van der Waals surface area contributed by atoms with Crippen LogP contribution in [0, 0.1) is 0 Å². The number of anilines is 2. The van der Waals surface area contributed by atoms with Crippen molar-refractivity contribution >= 4 is 23.8 Å². The Kier molecular flexibility index (Phi) is 8.08. The molecule has 0 saturated carbocycles. The minimum Gasteiger partial charge on any atom is -0.493 e. The number of amides is 1. The fourth-order valence-electron chi connectivity index (χ4n) is 4.82. The molecule has 1 aliphatic rings. The quantitative estimate of drug-likeness (QED) is 0.249. The molecular weight excluding hydrogens is 522 g/mol. The standard InChI is InChI=1S/C25H26F6N2O5/c1-14(35)33(18-8-16(24(26,27)28)7-17(9-18)25(29,30)31)23(2)12-15(5-6-38-13-34)19-10-21(36-3)22(37-4)11-20(19)32-23/h7-11,13,15,32H,5-6,12H2,1-4H3. The van der Waals surface area contributed by atoms with Crippen LogP contribution in [0.25, 0.3) is 0 Å². The summed E-state index contributed by atoms with van der Waals surface area (Å²) in [6.45, 7) is 2.79. The van der Waals surface area contributed by atoms with E-state index in [-0.39, 0.29) is 32.0 Å². The van der Waals surface area contributed by atoms with Gasteiger partial charge in [0, 0.05) is 24.4 Å². The summed E-state index contributed by atoms with van der Waals surface area (Å²) in [5.74, 6) is -0.544. The molecule has 0 bridgehead atoms. The van der Waals surface area contributed by atoms with Crippen molar-refractivity contribution in [2.45, 2.75) is 50.6 Å². The Balaban J connectivity index is 2.20. The van der Waals surface area contributed by atoms with Gasteiger partial charge in [0.15, 0.2) is 11.5 Å². The lowest BCUT2D eigenvalue weighted by Crippen LogP contribution is -2.57. The molecule has 1 N–H and O–H groups in total. The van der Waals surface area contributed by atoms with Crippen molar-refractivity contribution in [1.82, 2.24) is 0 Å². The van der Waals surface area contributed by atoms with Crippen molar-refractivity contribution in [3.8, 4) is 11.5 Å². The molecule has 0 aromatic heterocycles. The van der Waals surface area contributed by atoms with E-state index in [4.69, 9.17) is 14.2 Å². The Morgan fingerprint density at radius 1 is 1.03 bits per heavy atom. The zero-order valence-electron chi connectivity index (χ0n) is 20.9. The number of nitrogens with zero attached hydrogens (tertiary/aromatic N) is 1. The Hall–Kier alpha value is -3.64. The molecule has 2 aromatic carbocycles. The maximum atomic E-state index is 13.6. The van der Waals surface area contributed by atoms with Crippen LogP contribution in [0.5, 0.6) is 11.5 Å². The third-order valence-electron chi connectivity index (χ3n) is 6.33. The average molecular weight is 548 g/mol. The number of hydrogen-bond donors (Lipinski definition) is 1. The molecule has 0 aliphatic carbocycles. The molecule has 208 valence electrons. The average Bonchev–Trinajstić information content (AvgIpc) is 2.81. The monoisotopic (exact) mass is 548 g/mol. The van der Waals surface area contributed by atoms with Gasteiger partial charge in [-0.15, -0.1) is 0 Å². The van der Waals surface area contributed by atoms with Gasteiger partial charge >= 0.3 is 12.4 Å². The lowest BCUT2D eigenvalue weighted by atomic mass is 9.81. The topological polar surface area (TPSA) is 77.1 Å². The number of halogens is 6. The minimum absolute atomic E-state index is 0.00442. The lowest BCUT2D eigenvalue weighted by molar-refractivity contribution is -0.143. The van der Waals surface area contributed by atoms with Gasteiger partial charge in [0.05, 0.1) is 32.0 Å². The maximum absolute atomic E-state index is 13.6. The molecule has 2 aromatic rings. The van der Waals surface area contributed by atoms with Crippen molar-refractivity contribution in [3.63, 3.8) is 0 Å². The van der Waals surface area contributed by atoms with Crippen molar-refractivity contribution in [2.75, 3.05) is 31.0 Å². The fraction of sp³-hybridized carbons (Fsp3) is 0.440. The Bertz CT molecular complexity index is 1170. The van der Waals surface area contributed by atoms with Gasteiger partial charge in [-0.2, -0.15) is 26.3 Å². The van der Waals surface area contributed by atoms with E-state index in [0.29, 0.717) is 34.9 Å². The Morgan fingerprint density at radius 2 is 1.58 bits per heavy atom. The normalized spacial score (nSPS) is 19.2. The number of nitrogens with one attached hydrogen (secondary N) is 1. The molecule has 38 heavy (non-hydrogen) atoms. The minimum atomic E-state index is -5.09. The van der Waals surface area contributed by atoms with Crippen LogP contribution in [0.3, 0.4) is 0 Å². The van der Waals surface area contributed by atoms with Crippen molar-refractivity contribution in [2.24, 2.45) is 0 Å². The number of benzene rings is 2. The van der Waals surface area contributed by atoms with Gasteiger partial charge in [-0.3, -0.25) is 14.5 Å². The van der Waals surface area contributed by atoms with Crippen LogP contribution in [0.1, 0.15) is 49.3 Å². The Labute approximate surface area is 214 Å². The molecule has 1 amide bonds. The molecule has 0 radical (unpaired) electrons. The summed E-state index contributed by atoms with van der Waals surface area (Å²) >= 11 is 0. The van der Waals surface area contributed by atoms with E-state index in [9.17, 15) is 35.9 Å². The molecule has 1 heterocycles. The van der Waals surface area contributed by atoms with Crippen LogP contribution in [0.2, 0.25) is 0 Å². The zero-order chi connectivity index (χ0) is 28.5. The summed E-state index contributed by atoms with van der Waals surface area (Å²) < 4.78 is 96.9. The molecule has 2 unspecified atom stereocenters. The smallest absolute Gasteiger partial charge is 0.416 e. The number of methoxy groups -OCH3 is 2. The summed E-state index contributed by atoms with van der Waals surface area (Å²) in [6.07, 6.45) is -9.88. The zero-order valence-corrected chi connectivity index (χ0v) is 20.9. The SMILES string of the molecule is COc1cc2c(cc1OC)C(CCOC=O)CC(C)(N(C(C)=O)c1cc(C(F)(F)F)cc(C(F)(F)F)c1)N2. The van der Waals surface area contributed by atoms with Gasteiger partial charge in [0.1, 0.15) is 5.66 Å². The molecule has 7 nitrogen and oxygen atoms in total. The number of hydrogen-bond acceptors (Lipinski definition) is 6. The second kappa shape index (κ2) is 10.6. The summed E-state index contributed by atoms with van der Waals surface area (Å²) in [5, 5.41) is 3.11. The highest BCUT2D eigenvalue weighted by molar-refractivity contribution is 5.94. The van der Waals surface area contributed by atoms with Crippen molar-refractivity contribution in [3.05, 3.63) is 47.0 Å². The highest BCUT2D eigenvalue weighted by Crippen LogP contribution is 2.48. The molecule has 3 rings (SSSR count). The van der Waals surface area contributed by atoms with E-state index < -0.39 is 46.7 Å². The number of rotatable bonds is 8. The number of alkyl halides is 6. The first kappa shape index (κ1) is 28.9. The highest BCUT2D eigenvalue weighted by atomic mass is 19.4. The highest BCUT2D eigenvalue weighted by Gasteiger charge is 2.44. The molecule has 0 saturated heterocycles. The van der Waals surface area contributed by atoms with Gasteiger partial charge in [0.25, 0.3) is 6.47 Å². The van der Waals surface area contributed by atoms with E-state index in [1.165, 1.54) is 21.1 Å². The summed E-state index contributed by atoms with van der Waals surface area (Å²) in [6, 6.07) is 4.27. The van der Waals surface area contributed by atoms with Crippen LogP contribution in [-0.2, 0) is 26.7 Å². The molecule has 0 spiro atoms. The van der Waals surface area contributed by atoms with E-state index in [1.54, 1.807) is 12.1 Å². The lowest BCUT2D eigenvalue weighted by Gasteiger charge is -2.48. The third-order valence-corrected chi connectivity index (χ3v) is 6.33. The van der Waals surface area contributed by atoms with Gasteiger partial charge in [-0.1, -0.05) is 0 Å². The van der Waals surface area contributed by atoms with E-state index >= 15 is 0 Å². The third kappa shape index (κ3) is 5.91. The first-order chi connectivity index (χ1) is 17.6. The summed E-state index contributed by atoms with van der Waals surface area (Å²) in [4.78, 5) is 24.5. The van der Waals surface area contributed by atoms with Crippen LogP contribution in [-0.4, -0.2) is 38.9 Å². The largest absolute Gasteiger partial charge is 0.493 e.